The molecular formula is C16H20N2O3. The third-order valence-corrected chi connectivity index (χ3v) is 3.19. The van der Waals surface area contributed by atoms with Gasteiger partial charge in [0.25, 0.3) is 0 Å². The highest BCUT2D eigenvalue weighted by Gasteiger charge is 2.32. The van der Waals surface area contributed by atoms with Gasteiger partial charge in [0.05, 0.1) is 12.1 Å². The van der Waals surface area contributed by atoms with Gasteiger partial charge in [-0.3, -0.25) is 4.99 Å². The zero-order valence-electron chi connectivity index (χ0n) is 12.8. The molecule has 0 fully saturated rings. The summed E-state index contributed by atoms with van der Waals surface area (Å²) in [5, 5.41) is 3.84. The van der Waals surface area contributed by atoms with Crippen molar-refractivity contribution in [3.63, 3.8) is 0 Å². The third-order valence-electron chi connectivity index (χ3n) is 3.19. The van der Waals surface area contributed by atoms with Gasteiger partial charge in [-0.25, -0.2) is 4.79 Å². The predicted molar refractivity (Wildman–Crippen MR) is 81.8 cm³/mol. The summed E-state index contributed by atoms with van der Waals surface area (Å²) >= 11 is 0. The van der Waals surface area contributed by atoms with Crippen LogP contribution in [0, 0.1) is 0 Å². The Balaban J connectivity index is 2.54. The third kappa shape index (κ3) is 3.29. The van der Waals surface area contributed by atoms with Crippen LogP contribution in [0.5, 0.6) is 0 Å². The number of hydrogen-bond acceptors (Lipinski definition) is 5. The van der Waals surface area contributed by atoms with Crippen LogP contribution >= 0.6 is 0 Å². The van der Waals surface area contributed by atoms with Crippen molar-refractivity contribution in [1.29, 1.82) is 0 Å². The molecule has 1 heterocycles. The Morgan fingerprint density at radius 2 is 2.10 bits per heavy atom. The van der Waals surface area contributed by atoms with Gasteiger partial charge in [0, 0.05) is 5.56 Å². The van der Waals surface area contributed by atoms with Crippen LogP contribution < -0.4 is 0 Å². The van der Waals surface area contributed by atoms with Crippen LogP contribution in [0.4, 0.5) is 0 Å². The number of hydrogen-bond donors (Lipinski definition) is 0. The van der Waals surface area contributed by atoms with Crippen LogP contribution in [-0.4, -0.2) is 36.6 Å². The monoisotopic (exact) mass is 288 g/mol. The molecule has 1 aliphatic heterocycles. The first-order valence-electron chi connectivity index (χ1n) is 6.95. The molecule has 0 saturated heterocycles. The summed E-state index contributed by atoms with van der Waals surface area (Å²) in [5.74, 6) is -0.523. The van der Waals surface area contributed by atoms with E-state index >= 15 is 0 Å². The summed E-state index contributed by atoms with van der Waals surface area (Å²) < 4.78 is 5.06. The summed E-state index contributed by atoms with van der Waals surface area (Å²) in [6, 6.07) is 7.88. The summed E-state index contributed by atoms with van der Waals surface area (Å²) in [4.78, 5) is 21.6. The van der Waals surface area contributed by atoms with Gasteiger partial charge in [0.2, 0.25) is 5.71 Å². The second-order valence-corrected chi connectivity index (χ2v) is 5.45. The van der Waals surface area contributed by atoms with Gasteiger partial charge >= 0.3 is 5.97 Å². The van der Waals surface area contributed by atoms with E-state index in [9.17, 15) is 4.79 Å². The Labute approximate surface area is 124 Å². The normalized spacial score (nSPS) is 16.8. The van der Waals surface area contributed by atoms with E-state index in [0.29, 0.717) is 5.71 Å². The van der Waals surface area contributed by atoms with E-state index < -0.39 is 5.97 Å². The van der Waals surface area contributed by atoms with Crippen LogP contribution in [0.15, 0.2) is 34.4 Å². The average molecular weight is 288 g/mol. The zero-order valence-corrected chi connectivity index (χ0v) is 12.8. The quantitative estimate of drug-likeness (QED) is 0.485. The SMILES string of the molecule is CCOC(=O)/C(=N/OC)C1=NC(C)(C)Cc2ccccc21. The lowest BCUT2D eigenvalue weighted by Crippen LogP contribution is -2.36. The van der Waals surface area contributed by atoms with E-state index in [0.717, 1.165) is 17.5 Å². The average Bonchev–Trinajstić information content (AvgIpc) is 2.43. The lowest BCUT2D eigenvalue weighted by atomic mass is 9.85. The second-order valence-electron chi connectivity index (χ2n) is 5.45. The number of benzene rings is 1. The van der Waals surface area contributed by atoms with Crippen LogP contribution in [-0.2, 0) is 20.8 Å². The molecule has 0 atom stereocenters. The molecule has 0 N–H and O–H groups in total. The standard InChI is InChI=1S/C16H20N2O3/c1-5-21-15(19)14(18-20-4)13-12-9-7-6-8-11(12)10-16(2,3)17-13/h6-9H,5,10H2,1-4H3/b18-14+. The number of rotatable bonds is 4. The lowest BCUT2D eigenvalue weighted by molar-refractivity contribution is -0.135. The molecule has 0 unspecified atom stereocenters. The van der Waals surface area contributed by atoms with Crippen molar-refractivity contribution in [2.24, 2.45) is 10.1 Å². The summed E-state index contributed by atoms with van der Waals surface area (Å²) in [6.07, 6.45) is 0.815. The molecule has 5 nitrogen and oxygen atoms in total. The molecule has 0 saturated carbocycles. The fourth-order valence-corrected chi connectivity index (χ4v) is 2.42. The topological polar surface area (TPSA) is 60.2 Å². The van der Waals surface area contributed by atoms with E-state index in [1.807, 2.05) is 38.1 Å². The maximum absolute atomic E-state index is 12.1. The van der Waals surface area contributed by atoms with Crippen molar-refractivity contribution < 1.29 is 14.4 Å². The Bertz CT molecular complexity index is 603. The Morgan fingerprint density at radius 3 is 2.76 bits per heavy atom. The number of nitrogens with zero attached hydrogens (tertiary/aromatic N) is 2. The first-order chi connectivity index (χ1) is 9.98. The number of oxime groups is 1. The number of ether oxygens (including phenoxy) is 1. The lowest BCUT2D eigenvalue weighted by Gasteiger charge is -2.28. The van der Waals surface area contributed by atoms with Crippen molar-refractivity contribution in [2.75, 3.05) is 13.7 Å². The molecule has 5 heteroatoms. The largest absolute Gasteiger partial charge is 0.461 e. The second kappa shape index (κ2) is 6.08. The minimum absolute atomic E-state index is 0.111. The molecule has 21 heavy (non-hydrogen) atoms. The maximum atomic E-state index is 12.1. The molecule has 0 amide bonds. The predicted octanol–water partition coefficient (Wildman–Crippen LogP) is 2.38. The summed E-state index contributed by atoms with van der Waals surface area (Å²) in [7, 11) is 1.40. The van der Waals surface area contributed by atoms with E-state index in [1.165, 1.54) is 7.11 Å². The molecule has 1 aliphatic rings. The van der Waals surface area contributed by atoms with Gasteiger partial charge in [-0.05, 0) is 32.8 Å². The van der Waals surface area contributed by atoms with Crippen molar-refractivity contribution in [3.05, 3.63) is 35.4 Å². The molecule has 0 aromatic heterocycles. The van der Waals surface area contributed by atoms with E-state index in [1.54, 1.807) is 6.92 Å². The van der Waals surface area contributed by atoms with E-state index in [-0.39, 0.29) is 17.9 Å². The molecule has 0 aliphatic carbocycles. The van der Waals surface area contributed by atoms with Gasteiger partial charge in [-0.15, -0.1) is 0 Å². The molecular weight excluding hydrogens is 268 g/mol. The number of fused-ring (bicyclic) bond motifs is 1. The summed E-state index contributed by atoms with van der Waals surface area (Å²) in [6.45, 7) is 6.08. The fraction of sp³-hybridized carbons (Fsp3) is 0.438. The van der Waals surface area contributed by atoms with Crippen molar-refractivity contribution in [3.8, 4) is 0 Å². The molecule has 0 radical (unpaired) electrons. The molecule has 1 aromatic carbocycles. The Kier molecular flexibility index (Phi) is 4.40. The zero-order chi connectivity index (χ0) is 15.5. The van der Waals surface area contributed by atoms with Gasteiger partial charge in [0.15, 0.2) is 0 Å². The van der Waals surface area contributed by atoms with Crippen LogP contribution in [0.1, 0.15) is 31.9 Å². The molecule has 0 spiro atoms. The number of carbonyl (C=O) groups is 1. The highest BCUT2D eigenvalue weighted by molar-refractivity contribution is 6.69. The highest BCUT2D eigenvalue weighted by atomic mass is 16.6. The van der Waals surface area contributed by atoms with Crippen LogP contribution in [0.3, 0.4) is 0 Å². The van der Waals surface area contributed by atoms with Crippen LogP contribution in [0.25, 0.3) is 0 Å². The number of esters is 1. The molecule has 2 rings (SSSR count). The molecule has 1 aromatic rings. The number of aliphatic imine (C=N–C) groups is 1. The maximum Gasteiger partial charge on any atom is 0.362 e. The van der Waals surface area contributed by atoms with E-state index in [4.69, 9.17) is 9.57 Å². The number of carbonyl (C=O) groups excluding carboxylic acids is 1. The van der Waals surface area contributed by atoms with Crippen molar-refractivity contribution in [1.82, 2.24) is 0 Å². The Hall–Kier alpha value is -2.17. The minimum Gasteiger partial charge on any atom is -0.461 e. The van der Waals surface area contributed by atoms with Crippen LogP contribution in [0.2, 0.25) is 0 Å². The minimum atomic E-state index is -0.523. The molecule has 0 bridgehead atoms. The molecule has 112 valence electrons. The smallest absolute Gasteiger partial charge is 0.362 e. The van der Waals surface area contributed by atoms with E-state index in [2.05, 4.69) is 10.1 Å². The first kappa shape index (κ1) is 15.2. The van der Waals surface area contributed by atoms with Gasteiger partial charge < -0.3 is 9.57 Å². The van der Waals surface area contributed by atoms with Gasteiger partial charge in [0.1, 0.15) is 12.8 Å². The van der Waals surface area contributed by atoms with Gasteiger partial charge in [-0.1, -0.05) is 29.4 Å². The highest BCUT2D eigenvalue weighted by Crippen LogP contribution is 2.27. The summed E-state index contributed by atoms with van der Waals surface area (Å²) in [5.41, 5.74) is 2.38. The fourth-order valence-electron chi connectivity index (χ4n) is 2.42. The van der Waals surface area contributed by atoms with Crippen molar-refractivity contribution >= 4 is 17.4 Å². The first-order valence-corrected chi connectivity index (χ1v) is 6.95. The Morgan fingerprint density at radius 1 is 1.38 bits per heavy atom. The van der Waals surface area contributed by atoms with Crippen molar-refractivity contribution in [2.45, 2.75) is 32.7 Å². The van der Waals surface area contributed by atoms with Gasteiger partial charge in [-0.2, -0.15) is 0 Å².